The second-order valence-corrected chi connectivity index (χ2v) is 10.5. The van der Waals surface area contributed by atoms with E-state index in [2.05, 4.69) is 4.72 Å². The van der Waals surface area contributed by atoms with Gasteiger partial charge in [-0.1, -0.05) is 13.8 Å². The van der Waals surface area contributed by atoms with Gasteiger partial charge in [-0.25, -0.2) is 17.9 Å². The fourth-order valence-corrected chi connectivity index (χ4v) is 7.09. The molecule has 2 saturated carbocycles. The Kier molecular flexibility index (Phi) is 5.11. The highest BCUT2D eigenvalue weighted by Crippen LogP contribution is 2.64. The van der Waals surface area contributed by atoms with Crippen LogP contribution in [0.1, 0.15) is 46.0 Å². The van der Waals surface area contributed by atoms with Crippen LogP contribution < -0.4 is 4.72 Å². The van der Waals surface area contributed by atoms with Crippen molar-refractivity contribution in [2.75, 3.05) is 32.5 Å². The molecule has 26 heavy (non-hydrogen) atoms. The minimum absolute atomic E-state index is 0.0939. The molecule has 2 aliphatic carbocycles. The summed E-state index contributed by atoms with van der Waals surface area (Å²) in [6.45, 7) is 5.62. The lowest BCUT2D eigenvalue weighted by Gasteiger charge is -2.36. The molecule has 0 unspecified atom stereocenters. The minimum atomic E-state index is -3.52. The normalized spacial score (nSPS) is 31.4. The van der Waals surface area contributed by atoms with E-state index in [4.69, 9.17) is 4.74 Å². The molecule has 0 aromatic rings. The van der Waals surface area contributed by atoms with Crippen molar-refractivity contribution >= 4 is 21.9 Å². The largest absolute Gasteiger partial charge is 0.453 e. The SMILES string of the molecule is COC(=O)N1CCC(CNS(=O)(=O)C[C@@]23CC[C@H](CC2=O)C3(C)C)CC1. The summed E-state index contributed by atoms with van der Waals surface area (Å²) < 4.78 is 32.9. The number of hydrogen-bond donors (Lipinski definition) is 1. The van der Waals surface area contributed by atoms with Crippen molar-refractivity contribution < 1.29 is 22.7 Å². The van der Waals surface area contributed by atoms with Crippen LogP contribution >= 0.6 is 0 Å². The average molecular weight is 387 g/mol. The molecule has 3 aliphatic rings. The number of Topliss-reactive ketones (excluding diaryl/α,β-unsaturated/α-hetero) is 1. The van der Waals surface area contributed by atoms with Crippen LogP contribution in [0.3, 0.4) is 0 Å². The Morgan fingerprint density at radius 2 is 1.92 bits per heavy atom. The predicted molar refractivity (Wildman–Crippen MR) is 97.1 cm³/mol. The molecule has 8 heteroatoms. The summed E-state index contributed by atoms with van der Waals surface area (Å²) in [4.78, 5) is 25.7. The Morgan fingerprint density at radius 1 is 1.27 bits per heavy atom. The van der Waals surface area contributed by atoms with Gasteiger partial charge in [-0.2, -0.15) is 0 Å². The van der Waals surface area contributed by atoms with E-state index in [1.807, 2.05) is 13.8 Å². The number of nitrogens with one attached hydrogen (secondary N) is 1. The van der Waals surface area contributed by atoms with Gasteiger partial charge in [-0.3, -0.25) is 4.79 Å². The standard InChI is InChI=1S/C18H30N2O5S/c1-17(2)14-4-7-18(17,15(21)10-14)12-26(23,24)19-11-13-5-8-20(9-6-13)16(22)25-3/h13-14,19H,4-12H2,1-3H3/t14-,18+/m1/s1. The van der Waals surface area contributed by atoms with Crippen molar-refractivity contribution in [1.82, 2.24) is 9.62 Å². The molecule has 3 rings (SSSR count). The Labute approximate surface area is 155 Å². The predicted octanol–water partition coefficient (Wildman–Crippen LogP) is 1.78. The van der Waals surface area contributed by atoms with Gasteiger partial charge in [0.25, 0.3) is 0 Å². The minimum Gasteiger partial charge on any atom is -0.453 e. The number of rotatable bonds is 5. The van der Waals surface area contributed by atoms with Crippen LogP contribution in [0.15, 0.2) is 0 Å². The molecule has 1 N–H and O–H groups in total. The topological polar surface area (TPSA) is 92.8 Å². The van der Waals surface area contributed by atoms with Gasteiger partial charge in [0.05, 0.1) is 12.9 Å². The third-order valence-corrected chi connectivity index (χ3v) is 8.69. The third-order valence-electron chi connectivity index (χ3n) is 7.21. The lowest BCUT2D eigenvalue weighted by Crippen LogP contribution is -2.47. The maximum absolute atomic E-state index is 12.7. The van der Waals surface area contributed by atoms with E-state index in [0.717, 1.165) is 19.3 Å². The monoisotopic (exact) mass is 386 g/mol. The van der Waals surface area contributed by atoms with E-state index in [1.54, 1.807) is 4.90 Å². The second kappa shape index (κ2) is 6.78. The highest BCUT2D eigenvalue weighted by molar-refractivity contribution is 7.89. The molecule has 1 amide bonds. The molecule has 1 saturated heterocycles. The molecule has 7 nitrogen and oxygen atoms in total. The van der Waals surface area contributed by atoms with Crippen LogP contribution in [0.4, 0.5) is 4.79 Å². The maximum atomic E-state index is 12.7. The number of methoxy groups -OCH3 is 1. The summed E-state index contributed by atoms with van der Waals surface area (Å²) in [5.74, 6) is 0.540. The van der Waals surface area contributed by atoms with Gasteiger partial charge in [0.15, 0.2) is 0 Å². The number of likely N-dealkylation sites (tertiary alicyclic amines) is 1. The molecular weight excluding hydrogens is 356 g/mol. The number of amides is 1. The van der Waals surface area contributed by atoms with Crippen molar-refractivity contribution in [3.63, 3.8) is 0 Å². The highest BCUT2D eigenvalue weighted by atomic mass is 32.2. The summed E-state index contributed by atoms with van der Waals surface area (Å²) in [5.41, 5.74) is -0.970. The zero-order valence-electron chi connectivity index (χ0n) is 15.9. The van der Waals surface area contributed by atoms with Gasteiger partial charge in [0.2, 0.25) is 10.0 Å². The first kappa shape index (κ1) is 19.6. The number of fused-ring (bicyclic) bond motifs is 2. The average Bonchev–Trinajstić information content (AvgIpc) is 2.93. The van der Waals surface area contributed by atoms with Crippen LogP contribution in [-0.4, -0.2) is 57.7 Å². The van der Waals surface area contributed by atoms with Crippen molar-refractivity contribution in [3.8, 4) is 0 Å². The Morgan fingerprint density at radius 3 is 2.42 bits per heavy atom. The summed E-state index contributed by atoms with van der Waals surface area (Å²) in [7, 11) is -2.16. The van der Waals surface area contributed by atoms with Crippen LogP contribution in [0.25, 0.3) is 0 Å². The Bertz CT molecular complexity index is 682. The van der Waals surface area contributed by atoms with Gasteiger partial charge in [0, 0.05) is 31.5 Å². The Balaban J connectivity index is 1.56. The summed E-state index contributed by atoms with van der Waals surface area (Å²) >= 11 is 0. The second-order valence-electron chi connectivity index (χ2n) is 8.67. The molecule has 148 valence electrons. The quantitative estimate of drug-likeness (QED) is 0.777. The van der Waals surface area contributed by atoms with E-state index in [0.29, 0.717) is 38.4 Å². The van der Waals surface area contributed by atoms with Crippen LogP contribution in [0, 0.1) is 22.7 Å². The number of piperidine rings is 1. The number of carbonyl (C=O) groups excluding carboxylic acids is 2. The molecule has 2 bridgehead atoms. The number of nitrogens with zero attached hydrogens (tertiary/aromatic N) is 1. The van der Waals surface area contributed by atoms with Gasteiger partial charge in [0.1, 0.15) is 5.78 Å². The number of hydrogen-bond acceptors (Lipinski definition) is 5. The van der Waals surface area contributed by atoms with E-state index in [9.17, 15) is 18.0 Å². The molecule has 0 radical (unpaired) electrons. The highest BCUT2D eigenvalue weighted by Gasteiger charge is 2.65. The van der Waals surface area contributed by atoms with Crippen molar-refractivity contribution in [1.29, 1.82) is 0 Å². The molecule has 3 fully saturated rings. The van der Waals surface area contributed by atoms with Crippen molar-refractivity contribution in [2.24, 2.45) is 22.7 Å². The summed E-state index contributed by atoms with van der Waals surface area (Å²) in [6, 6.07) is 0. The van der Waals surface area contributed by atoms with Crippen LogP contribution in [0.2, 0.25) is 0 Å². The van der Waals surface area contributed by atoms with Gasteiger partial charge in [-0.15, -0.1) is 0 Å². The van der Waals surface area contributed by atoms with Crippen molar-refractivity contribution in [2.45, 2.75) is 46.0 Å². The number of ether oxygens (including phenoxy) is 1. The molecule has 0 aromatic carbocycles. The zero-order valence-corrected chi connectivity index (χ0v) is 16.7. The van der Waals surface area contributed by atoms with Gasteiger partial charge in [-0.05, 0) is 42.9 Å². The first-order chi connectivity index (χ1) is 12.1. The van der Waals surface area contributed by atoms with Crippen molar-refractivity contribution in [3.05, 3.63) is 0 Å². The first-order valence-electron chi connectivity index (χ1n) is 9.45. The molecule has 1 aliphatic heterocycles. The number of ketones is 1. The Hall–Kier alpha value is -1.15. The van der Waals surface area contributed by atoms with Gasteiger partial charge >= 0.3 is 6.09 Å². The van der Waals surface area contributed by atoms with Crippen LogP contribution in [0.5, 0.6) is 0 Å². The van der Waals surface area contributed by atoms with E-state index < -0.39 is 15.4 Å². The lowest BCUT2D eigenvalue weighted by molar-refractivity contribution is -0.128. The summed E-state index contributed by atoms with van der Waals surface area (Å²) in [6.07, 6.45) is 3.31. The van der Waals surface area contributed by atoms with Crippen LogP contribution in [-0.2, 0) is 19.6 Å². The molecule has 2 atom stereocenters. The lowest BCUT2D eigenvalue weighted by atomic mass is 9.70. The fraction of sp³-hybridized carbons (Fsp3) is 0.889. The molecular formula is C18H30N2O5S. The number of carbonyl (C=O) groups is 2. The first-order valence-corrected chi connectivity index (χ1v) is 11.1. The molecule has 0 spiro atoms. The van der Waals surface area contributed by atoms with Gasteiger partial charge < -0.3 is 9.64 Å². The smallest absolute Gasteiger partial charge is 0.409 e. The zero-order chi connectivity index (χ0) is 19.2. The fourth-order valence-electron chi connectivity index (χ4n) is 5.18. The van der Waals surface area contributed by atoms with E-state index in [-0.39, 0.29) is 29.0 Å². The maximum Gasteiger partial charge on any atom is 0.409 e. The number of sulfonamides is 1. The molecule has 0 aromatic heterocycles. The third kappa shape index (κ3) is 3.26. The summed E-state index contributed by atoms with van der Waals surface area (Å²) in [5, 5.41) is 0. The van der Waals surface area contributed by atoms with E-state index in [1.165, 1.54) is 7.11 Å². The molecule has 1 heterocycles. The van der Waals surface area contributed by atoms with E-state index >= 15 is 0 Å².